The Kier molecular flexibility index (Phi) is 7.25. The first-order valence-electron chi connectivity index (χ1n) is 5.77. The van der Waals surface area contributed by atoms with Gasteiger partial charge >= 0.3 is 12.1 Å². The number of carboxylic acid groups (broad SMARTS) is 1. The molecular formula is C11H18F3NO3S. The Morgan fingerprint density at radius 2 is 1.84 bits per heavy atom. The summed E-state index contributed by atoms with van der Waals surface area (Å²) in [6.45, 7) is 3.59. The molecule has 0 rings (SSSR count). The van der Waals surface area contributed by atoms with Crippen LogP contribution in [0.15, 0.2) is 0 Å². The summed E-state index contributed by atoms with van der Waals surface area (Å²) in [5, 5.41) is 10.8. The molecule has 8 heteroatoms. The number of thiol groups is 1. The van der Waals surface area contributed by atoms with Crippen molar-refractivity contribution in [1.82, 2.24) is 5.32 Å². The zero-order valence-corrected chi connectivity index (χ0v) is 11.6. The lowest BCUT2D eigenvalue weighted by Gasteiger charge is -2.23. The second-order valence-corrected chi connectivity index (χ2v) is 5.07. The SMILES string of the molecule is CC(C)C[C@@H](CC(=O)O)NC(=O)[C@@H](CS)C(F)(F)F. The molecule has 0 saturated heterocycles. The summed E-state index contributed by atoms with van der Waals surface area (Å²) in [6.07, 6.45) is -4.78. The van der Waals surface area contributed by atoms with Gasteiger partial charge in [0, 0.05) is 11.8 Å². The quantitative estimate of drug-likeness (QED) is 0.631. The molecule has 0 spiro atoms. The summed E-state index contributed by atoms with van der Waals surface area (Å²) >= 11 is 3.51. The second kappa shape index (κ2) is 7.62. The topological polar surface area (TPSA) is 66.4 Å². The normalized spacial score (nSPS) is 15.1. The van der Waals surface area contributed by atoms with Gasteiger partial charge in [-0.25, -0.2) is 0 Å². The van der Waals surface area contributed by atoms with Crippen LogP contribution in [-0.4, -0.2) is 35.0 Å². The molecular weight excluding hydrogens is 283 g/mol. The number of aliphatic carboxylic acids is 1. The van der Waals surface area contributed by atoms with Gasteiger partial charge in [-0.3, -0.25) is 9.59 Å². The van der Waals surface area contributed by atoms with Gasteiger partial charge < -0.3 is 10.4 Å². The van der Waals surface area contributed by atoms with E-state index < -0.39 is 42.2 Å². The summed E-state index contributed by atoms with van der Waals surface area (Å²) in [5.41, 5.74) is 0. The first kappa shape index (κ1) is 18.1. The van der Waals surface area contributed by atoms with Crippen LogP contribution in [0.3, 0.4) is 0 Å². The minimum absolute atomic E-state index is 0.0602. The van der Waals surface area contributed by atoms with E-state index in [1.54, 1.807) is 13.8 Å². The summed E-state index contributed by atoms with van der Waals surface area (Å²) < 4.78 is 37.6. The lowest BCUT2D eigenvalue weighted by atomic mass is 10.00. The third kappa shape index (κ3) is 7.29. The van der Waals surface area contributed by atoms with Crippen LogP contribution in [0.5, 0.6) is 0 Å². The van der Waals surface area contributed by atoms with Crippen LogP contribution in [0.1, 0.15) is 26.7 Å². The maximum absolute atomic E-state index is 12.5. The van der Waals surface area contributed by atoms with Gasteiger partial charge in [0.2, 0.25) is 5.91 Å². The van der Waals surface area contributed by atoms with Crippen LogP contribution in [0, 0.1) is 11.8 Å². The second-order valence-electron chi connectivity index (χ2n) is 4.71. The Hall–Kier alpha value is -0.920. The molecule has 0 unspecified atom stereocenters. The number of nitrogens with one attached hydrogen (secondary N) is 1. The van der Waals surface area contributed by atoms with Crippen molar-refractivity contribution in [3.05, 3.63) is 0 Å². The minimum Gasteiger partial charge on any atom is -0.481 e. The van der Waals surface area contributed by atoms with Crippen molar-refractivity contribution in [2.75, 3.05) is 5.75 Å². The number of rotatable bonds is 7. The predicted molar refractivity (Wildman–Crippen MR) is 67.0 cm³/mol. The van der Waals surface area contributed by atoms with E-state index in [2.05, 4.69) is 17.9 Å². The molecule has 0 fully saturated rings. The van der Waals surface area contributed by atoms with E-state index in [-0.39, 0.29) is 5.92 Å². The van der Waals surface area contributed by atoms with Crippen LogP contribution in [-0.2, 0) is 9.59 Å². The molecule has 0 aliphatic heterocycles. The molecule has 2 atom stereocenters. The van der Waals surface area contributed by atoms with Crippen LogP contribution >= 0.6 is 12.6 Å². The lowest BCUT2D eigenvalue weighted by molar-refractivity contribution is -0.178. The smallest absolute Gasteiger partial charge is 0.401 e. The number of carbonyl (C=O) groups excluding carboxylic acids is 1. The van der Waals surface area contributed by atoms with E-state index in [9.17, 15) is 22.8 Å². The Balaban J connectivity index is 4.73. The maximum Gasteiger partial charge on any atom is 0.401 e. The summed E-state index contributed by atoms with van der Waals surface area (Å²) in [4.78, 5) is 22.1. The molecule has 112 valence electrons. The van der Waals surface area contributed by atoms with E-state index in [0.29, 0.717) is 6.42 Å². The molecule has 0 radical (unpaired) electrons. The van der Waals surface area contributed by atoms with Crippen LogP contribution in [0.25, 0.3) is 0 Å². The van der Waals surface area contributed by atoms with Gasteiger partial charge in [-0.1, -0.05) is 13.8 Å². The van der Waals surface area contributed by atoms with Crippen molar-refractivity contribution in [3.63, 3.8) is 0 Å². The standard InChI is InChI=1S/C11H18F3NO3S/c1-6(2)3-7(4-9(16)17)15-10(18)8(5-19)11(12,13)14/h6-8,19H,3-5H2,1-2H3,(H,15,18)(H,16,17)/t7-,8+/m0/s1. The fraction of sp³-hybridized carbons (Fsp3) is 0.818. The molecule has 0 aromatic heterocycles. The average molecular weight is 301 g/mol. The molecule has 1 amide bonds. The first-order valence-corrected chi connectivity index (χ1v) is 6.40. The number of alkyl halides is 3. The predicted octanol–water partition coefficient (Wildman–Crippen LogP) is 2.10. The Labute approximate surface area is 115 Å². The third-order valence-corrected chi connectivity index (χ3v) is 2.78. The van der Waals surface area contributed by atoms with Gasteiger partial charge in [0.1, 0.15) is 5.92 Å². The molecule has 0 aromatic carbocycles. The summed E-state index contributed by atoms with van der Waals surface area (Å²) in [7, 11) is 0. The van der Waals surface area contributed by atoms with Crippen LogP contribution in [0.4, 0.5) is 13.2 Å². The number of carboxylic acids is 1. The maximum atomic E-state index is 12.5. The molecule has 0 heterocycles. The monoisotopic (exact) mass is 301 g/mol. The molecule has 0 aliphatic rings. The fourth-order valence-corrected chi connectivity index (χ4v) is 1.98. The van der Waals surface area contributed by atoms with Crippen LogP contribution < -0.4 is 5.32 Å². The third-order valence-electron chi connectivity index (χ3n) is 2.42. The highest BCUT2D eigenvalue weighted by Crippen LogP contribution is 2.27. The first-order chi connectivity index (χ1) is 8.57. The van der Waals surface area contributed by atoms with Crippen molar-refractivity contribution in [3.8, 4) is 0 Å². The average Bonchev–Trinajstić information content (AvgIpc) is 2.12. The fourth-order valence-electron chi connectivity index (χ4n) is 1.61. The zero-order chi connectivity index (χ0) is 15.2. The van der Waals surface area contributed by atoms with Crippen molar-refractivity contribution in [2.45, 2.75) is 38.9 Å². The van der Waals surface area contributed by atoms with Gasteiger partial charge in [0.15, 0.2) is 0 Å². The Bertz CT molecular complexity index is 321. The van der Waals surface area contributed by atoms with Gasteiger partial charge in [0.05, 0.1) is 6.42 Å². The molecule has 19 heavy (non-hydrogen) atoms. The molecule has 0 aliphatic carbocycles. The van der Waals surface area contributed by atoms with E-state index in [4.69, 9.17) is 5.11 Å². The summed E-state index contributed by atoms with van der Waals surface area (Å²) in [5.74, 6) is -5.23. The van der Waals surface area contributed by atoms with Crippen LogP contribution in [0.2, 0.25) is 0 Å². The van der Waals surface area contributed by atoms with Gasteiger partial charge in [-0.05, 0) is 12.3 Å². The van der Waals surface area contributed by atoms with Gasteiger partial charge in [0.25, 0.3) is 0 Å². The van der Waals surface area contributed by atoms with E-state index in [1.807, 2.05) is 0 Å². The highest BCUT2D eigenvalue weighted by atomic mass is 32.1. The highest BCUT2D eigenvalue weighted by molar-refractivity contribution is 7.80. The number of hydrogen-bond acceptors (Lipinski definition) is 3. The van der Waals surface area contributed by atoms with E-state index in [1.165, 1.54) is 0 Å². The van der Waals surface area contributed by atoms with Crippen molar-refractivity contribution in [1.29, 1.82) is 0 Å². The lowest BCUT2D eigenvalue weighted by Crippen LogP contribution is -2.46. The Morgan fingerprint density at radius 1 is 1.32 bits per heavy atom. The number of amides is 1. The molecule has 2 N–H and O–H groups in total. The molecule has 0 aromatic rings. The number of carbonyl (C=O) groups is 2. The number of halogens is 3. The minimum atomic E-state index is -4.68. The Morgan fingerprint density at radius 3 is 2.16 bits per heavy atom. The summed E-state index contributed by atoms with van der Waals surface area (Å²) in [6, 6.07) is -0.810. The molecule has 4 nitrogen and oxygen atoms in total. The molecule has 0 bridgehead atoms. The molecule has 0 saturated carbocycles. The van der Waals surface area contributed by atoms with Crippen molar-refractivity contribution in [2.24, 2.45) is 11.8 Å². The van der Waals surface area contributed by atoms with Crippen molar-refractivity contribution < 1.29 is 27.9 Å². The highest BCUT2D eigenvalue weighted by Gasteiger charge is 2.44. The van der Waals surface area contributed by atoms with Crippen molar-refractivity contribution >= 4 is 24.5 Å². The largest absolute Gasteiger partial charge is 0.481 e. The number of hydrogen-bond donors (Lipinski definition) is 3. The van der Waals surface area contributed by atoms with E-state index >= 15 is 0 Å². The van der Waals surface area contributed by atoms with Gasteiger partial charge in [-0.2, -0.15) is 25.8 Å². The van der Waals surface area contributed by atoms with E-state index in [0.717, 1.165) is 0 Å². The van der Waals surface area contributed by atoms with Gasteiger partial charge in [-0.15, -0.1) is 0 Å². The zero-order valence-electron chi connectivity index (χ0n) is 10.7.